The van der Waals surface area contributed by atoms with Gasteiger partial charge in [-0.2, -0.15) is 0 Å². The molecule has 51 heavy (non-hydrogen) atoms. The van der Waals surface area contributed by atoms with Gasteiger partial charge in [0.1, 0.15) is 0 Å². The van der Waals surface area contributed by atoms with Gasteiger partial charge in [-0.15, -0.1) is 24.0 Å². The third kappa shape index (κ3) is 5.96. The molecule has 2 saturated carbocycles. The number of carbonyl (C=O) groups is 2. The molecule has 0 aromatic heterocycles. The van der Waals surface area contributed by atoms with Crippen LogP contribution in [0.2, 0.25) is 0 Å². The fraction of sp³-hybridized carbons (Fsp3) is 0.568. The molecular formula is C37H49Br2IN6O4S. The highest BCUT2D eigenvalue weighted by Crippen LogP contribution is 2.63. The number of aliphatic imine (C=N–C) groups is 2. The molecule has 2 aromatic rings. The third-order valence-corrected chi connectivity index (χ3v) is 14.3. The van der Waals surface area contributed by atoms with Crippen molar-refractivity contribution < 1.29 is 19.1 Å². The zero-order valence-corrected chi connectivity index (χ0v) is 36.3. The predicted octanol–water partition coefficient (Wildman–Crippen LogP) is 7.31. The van der Waals surface area contributed by atoms with E-state index in [0.29, 0.717) is 12.1 Å². The summed E-state index contributed by atoms with van der Waals surface area (Å²) >= 11 is 8.71. The van der Waals surface area contributed by atoms with Crippen LogP contribution in [0.5, 0.6) is 0 Å². The van der Waals surface area contributed by atoms with Gasteiger partial charge in [-0.25, -0.2) is 9.98 Å². The van der Waals surface area contributed by atoms with E-state index >= 15 is 0 Å². The molecule has 2 amide bonds. The molecule has 2 fully saturated rings. The van der Waals surface area contributed by atoms with E-state index in [2.05, 4.69) is 62.2 Å². The second kappa shape index (κ2) is 14.9. The van der Waals surface area contributed by atoms with E-state index in [1.165, 1.54) is 16.0 Å². The lowest BCUT2D eigenvalue weighted by Crippen LogP contribution is -2.51. The van der Waals surface area contributed by atoms with Gasteiger partial charge in [-0.05, 0) is 117 Å². The standard InChI is InChI=1S/C19H23BrN2O2S.C18H22BrN3O2.HI.H3N/c1-22-16(23)19(21-17(22)25-3)15-10-13(20)5-4-12(15)11-18(19)8-6-14(24-2)7-9-18;1-22-15(23)18(21-16(22)20)14-9-12(19)4-3-11(14)10-17(18)7-5-13(24-2)6-8-17;;/h4-5,10,14H,6-9,11H2,1-3H3;3-4,9,13H,5-8,10H2,1-2H3,(H2,20,21);1H;1H3. The Labute approximate surface area is 339 Å². The van der Waals surface area contributed by atoms with E-state index in [9.17, 15) is 9.59 Å². The first-order valence-electron chi connectivity index (χ1n) is 17.1. The van der Waals surface area contributed by atoms with E-state index in [0.717, 1.165) is 89.4 Å². The summed E-state index contributed by atoms with van der Waals surface area (Å²) in [5.41, 5.74) is 8.72. The van der Waals surface area contributed by atoms with Crippen LogP contribution in [0.15, 0.2) is 55.3 Å². The average Bonchev–Trinajstić information content (AvgIpc) is 3.71. The molecular weight excluding hydrogens is 911 g/mol. The smallest absolute Gasteiger partial charge is 0.262 e. The number of benzene rings is 2. The predicted molar refractivity (Wildman–Crippen MR) is 221 cm³/mol. The molecule has 4 spiro atoms. The number of ether oxygens (including phenoxy) is 2. The summed E-state index contributed by atoms with van der Waals surface area (Å²) in [6.45, 7) is 0. The Bertz CT molecular complexity index is 1760. The van der Waals surface area contributed by atoms with E-state index in [1.54, 1.807) is 37.9 Å². The first kappa shape index (κ1) is 40.6. The highest BCUT2D eigenvalue weighted by molar-refractivity contribution is 14.0. The number of hydrogen-bond acceptors (Lipinski definition) is 9. The van der Waals surface area contributed by atoms with Crippen molar-refractivity contribution in [3.05, 3.63) is 67.6 Å². The molecule has 278 valence electrons. The maximum atomic E-state index is 13.5. The molecule has 2 heterocycles. The number of carbonyl (C=O) groups excluding carboxylic acids is 2. The normalized spacial score (nSPS) is 33.2. The van der Waals surface area contributed by atoms with E-state index < -0.39 is 11.1 Å². The Morgan fingerprint density at radius 1 is 0.765 bits per heavy atom. The maximum absolute atomic E-state index is 13.5. The van der Waals surface area contributed by atoms with E-state index in [-0.39, 0.29) is 58.9 Å². The van der Waals surface area contributed by atoms with Crippen LogP contribution in [0.4, 0.5) is 0 Å². The van der Waals surface area contributed by atoms with Gasteiger partial charge < -0.3 is 21.4 Å². The van der Waals surface area contributed by atoms with Crippen LogP contribution in [-0.2, 0) is 43.0 Å². The highest BCUT2D eigenvalue weighted by atomic mass is 127. The van der Waals surface area contributed by atoms with Crippen LogP contribution in [0.25, 0.3) is 0 Å². The number of amides is 2. The van der Waals surface area contributed by atoms with Crippen LogP contribution in [-0.4, -0.2) is 79.5 Å². The second-order valence-electron chi connectivity index (χ2n) is 14.6. The van der Waals surface area contributed by atoms with Gasteiger partial charge in [0.2, 0.25) is 0 Å². The molecule has 0 bridgehead atoms. The average molecular weight is 961 g/mol. The van der Waals surface area contributed by atoms with Crippen LogP contribution in [0, 0.1) is 10.8 Å². The first-order valence-corrected chi connectivity index (χ1v) is 19.9. The van der Waals surface area contributed by atoms with Gasteiger partial charge in [0.15, 0.2) is 22.2 Å². The molecule has 6 aliphatic rings. The Kier molecular flexibility index (Phi) is 11.9. The van der Waals surface area contributed by atoms with E-state index in [1.807, 2.05) is 19.4 Å². The summed E-state index contributed by atoms with van der Waals surface area (Å²) in [5, 5.41) is 0.825. The van der Waals surface area contributed by atoms with Crippen molar-refractivity contribution in [3.63, 3.8) is 0 Å². The fourth-order valence-corrected chi connectivity index (χ4v) is 11.2. The lowest BCUT2D eigenvalue weighted by Gasteiger charge is -2.45. The number of likely N-dealkylation sites (N-methyl/N-ethyl adjacent to an activating group) is 2. The summed E-state index contributed by atoms with van der Waals surface area (Å²) in [4.78, 5) is 40.0. The number of methoxy groups -OCH3 is 2. The van der Waals surface area contributed by atoms with Crippen molar-refractivity contribution >= 4 is 90.5 Å². The monoisotopic (exact) mass is 958 g/mol. The van der Waals surface area contributed by atoms with Crippen molar-refractivity contribution in [2.45, 2.75) is 87.5 Å². The van der Waals surface area contributed by atoms with Crippen molar-refractivity contribution in [2.75, 3.05) is 34.6 Å². The topological polar surface area (TPSA) is 145 Å². The minimum Gasteiger partial charge on any atom is -0.381 e. The minimum absolute atomic E-state index is 0. The molecule has 8 rings (SSSR count). The molecule has 0 saturated heterocycles. The summed E-state index contributed by atoms with van der Waals surface area (Å²) in [6.07, 6.45) is 12.1. The van der Waals surface area contributed by atoms with Gasteiger partial charge >= 0.3 is 0 Å². The van der Waals surface area contributed by atoms with Gasteiger partial charge in [-0.1, -0.05) is 55.8 Å². The molecule has 2 unspecified atom stereocenters. The number of fused-ring (bicyclic) bond motifs is 6. The summed E-state index contributed by atoms with van der Waals surface area (Å²) in [5.74, 6) is 0.457. The second-order valence-corrected chi connectivity index (χ2v) is 17.2. The number of amidine groups is 1. The lowest BCUT2D eigenvalue weighted by atomic mass is 9.61. The van der Waals surface area contributed by atoms with Gasteiger partial charge in [-0.3, -0.25) is 19.4 Å². The summed E-state index contributed by atoms with van der Waals surface area (Å²) < 4.78 is 13.1. The summed E-state index contributed by atoms with van der Waals surface area (Å²) in [7, 11) is 7.14. The van der Waals surface area contributed by atoms with Crippen molar-refractivity contribution in [1.29, 1.82) is 0 Å². The minimum atomic E-state index is -0.871. The van der Waals surface area contributed by atoms with Crippen LogP contribution in [0.1, 0.15) is 73.6 Å². The van der Waals surface area contributed by atoms with Crippen molar-refractivity contribution in [2.24, 2.45) is 26.5 Å². The van der Waals surface area contributed by atoms with Crippen molar-refractivity contribution in [3.8, 4) is 0 Å². The third-order valence-electron chi connectivity index (χ3n) is 12.5. The Morgan fingerprint density at radius 2 is 1.18 bits per heavy atom. The molecule has 14 heteroatoms. The SMILES string of the molecule is COC1CCC2(CC1)Cc1ccc(Br)cc1C21N=C(N)N(C)C1=O.COC1CCC2(CC1)Cc1ccc(Br)cc1C21N=C(SC)N(C)C1=O.I.N. The van der Waals surface area contributed by atoms with Crippen molar-refractivity contribution in [1.82, 2.24) is 16.0 Å². The number of rotatable bonds is 2. The first-order chi connectivity index (χ1) is 23.4. The zero-order valence-electron chi connectivity index (χ0n) is 30.0. The zero-order chi connectivity index (χ0) is 34.9. The van der Waals surface area contributed by atoms with E-state index in [4.69, 9.17) is 25.2 Å². The van der Waals surface area contributed by atoms with Gasteiger partial charge in [0, 0.05) is 48.1 Å². The quantitative estimate of drug-likeness (QED) is 0.301. The Balaban J connectivity index is 0.000000190. The largest absolute Gasteiger partial charge is 0.381 e. The lowest BCUT2D eigenvalue weighted by molar-refractivity contribution is -0.138. The number of nitrogens with zero attached hydrogens (tertiary/aromatic N) is 4. The number of halogens is 3. The molecule has 5 N–H and O–H groups in total. The van der Waals surface area contributed by atoms with Crippen LogP contribution >= 0.6 is 67.6 Å². The number of guanidine groups is 1. The molecule has 2 aliphatic heterocycles. The van der Waals surface area contributed by atoms with Crippen LogP contribution in [0.3, 0.4) is 0 Å². The molecule has 0 radical (unpaired) electrons. The molecule has 10 nitrogen and oxygen atoms in total. The highest BCUT2D eigenvalue weighted by Gasteiger charge is 2.67. The number of nitrogens with two attached hydrogens (primary N) is 1. The maximum Gasteiger partial charge on any atom is 0.262 e. The molecule has 2 atom stereocenters. The Hall–Kier alpha value is -1.56. The fourth-order valence-electron chi connectivity index (χ4n) is 9.93. The number of hydrogen-bond donors (Lipinski definition) is 2. The molecule has 4 aliphatic carbocycles. The van der Waals surface area contributed by atoms with Gasteiger partial charge in [0.25, 0.3) is 11.8 Å². The summed E-state index contributed by atoms with van der Waals surface area (Å²) in [6, 6.07) is 12.6. The van der Waals surface area contributed by atoms with Gasteiger partial charge in [0.05, 0.1) is 12.2 Å². The molecule has 2 aromatic carbocycles. The number of thioether (sulfide) groups is 1. The van der Waals surface area contributed by atoms with Crippen LogP contribution < -0.4 is 11.9 Å². The Morgan fingerprint density at radius 3 is 1.53 bits per heavy atom.